The molecule has 0 aliphatic carbocycles. The van der Waals surface area contributed by atoms with Crippen molar-refractivity contribution in [2.45, 2.75) is 51.7 Å². The van der Waals surface area contributed by atoms with Gasteiger partial charge in [0.1, 0.15) is 0 Å². The van der Waals surface area contributed by atoms with E-state index in [0.717, 1.165) is 19.4 Å². The summed E-state index contributed by atoms with van der Waals surface area (Å²) in [4.78, 5) is 2.43. The molecule has 1 N–H and O–H groups in total. The fourth-order valence-corrected chi connectivity index (χ4v) is 2.83. The Hall–Kier alpha value is -1.53. The van der Waals surface area contributed by atoms with Crippen molar-refractivity contribution in [2.24, 2.45) is 0 Å². The Morgan fingerprint density at radius 2 is 2.16 bits per heavy atom. The van der Waals surface area contributed by atoms with Crippen LogP contribution in [0.1, 0.15) is 32.8 Å². The van der Waals surface area contributed by atoms with Gasteiger partial charge in [-0.1, -0.05) is 18.2 Å². The topological polar surface area (TPSA) is 39.1 Å². The maximum absolute atomic E-state index is 9.18. The van der Waals surface area contributed by atoms with E-state index in [-0.39, 0.29) is 6.04 Å². The molecule has 2 rings (SSSR count). The third-order valence-electron chi connectivity index (χ3n) is 3.70. The zero-order valence-corrected chi connectivity index (χ0v) is 12.1. The number of fused-ring (bicyclic) bond motifs is 1. The summed E-state index contributed by atoms with van der Waals surface area (Å²) in [6.07, 6.45) is 1.98. The van der Waals surface area contributed by atoms with E-state index >= 15 is 0 Å². The standard InChI is InChI=1S/C16H23N3/c1-12(2)18-15(11-17)8-9-19-13(3)10-14-6-4-5-7-16(14)19/h4-7,12-13,15,18H,8-10H2,1-3H3. The van der Waals surface area contributed by atoms with Crippen molar-refractivity contribution in [1.29, 1.82) is 5.26 Å². The van der Waals surface area contributed by atoms with Gasteiger partial charge in [0.05, 0.1) is 12.1 Å². The minimum Gasteiger partial charge on any atom is -0.368 e. The number of benzene rings is 1. The molecule has 0 aromatic heterocycles. The minimum absolute atomic E-state index is 0.0556. The van der Waals surface area contributed by atoms with Gasteiger partial charge in [0.2, 0.25) is 0 Å². The van der Waals surface area contributed by atoms with Crippen LogP contribution in [0.5, 0.6) is 0 Å². The Morgan fingerprint density at radius 3 is 2.84 bits per heavy atom. The lowest BCUT2D eigenvalue weighted by Gasteiger charge is -2.26. The lowest BCUT2D eigenvalue weighted by Crippen LogP contribution is -2.38. The first-order chi connectivity index (χ1) is 9.11. The Morgan fingerprint density at radius 1 is 1.42 bits per heavy atom. The highest BCUT2D eigenvalue weighted by Gasteiger charge is 2.25. The van der Waals surface area contributed by atoms with Crippen LogP contribution in [0.25, 0.3) is 0 Å². The average Bonchev–Trinajstić information content (AvgIpc) is 2.70. The van der Waals surface area contributed by atoms with Gasteiger partial charge in [0.25, 0.3) is 0 Å². The second-order valence-corrected chi connectivity index (χ2v) is 5.67. The Kier molecular flexibility index (Phi) is 4.44. The molecule has 1 aliphatic heterocycles. The third-order valence-corrected chi connectivity index (χ3v) is 3.70. The molecule has 19 heavy (non-hydrogen) atoms. The van der Waals surface area contributed by atoms with Gasteiger partial charge in [-0.05, 0) is 45.2 Å². The van der Waals surface area contributed by atoms with Crippen LogP contribution in [0.4, 0.5) is 5.69 Å². The fraction of sp³-hybridized carbons (Fsp3) is 0.562. The molecule has 0 saturated carbocycles. The van der Waals surface area contributed by atoms with E-state index in [9.17, 15) is 5.26 Å². The maximum atomic E-state index is 9.18. The smallest absolute Gasteiger partial charge is 0.0971 e. The van der Waals surface area contributed by atoms with Crippen LogP contribution in [0.15, 0.2) is 24.3 Å². The van der Waals surface area contributed by atoms with E-state index < -0.39 is 0 Å². The van der Waals surface area contributed by atoms with Gasteiger partial charge >= 0.3 is 0 Å². The number of para-hydroxylation sites is 1. The summed E-state index contributed by atoms with van der Waals surface area (Å²) < 4.78 is 0. The van der Waals surface area contributed by atoms with Crippen molar-refractivity contribution in [2.75, 3.05) is 11.4 Å². The average molecular weight is 257 g/mol. The van der Waals surface area contributed by atoms with Crippen molar-refractivity contribution >= 4 is 5.69 Å². The van der Waals surface area contributed by atoms with E-state index in [0.29, 0.717) is 12.1 Å². The van der Waals surface area contributed by atoms with E-state index in [4.69, 9.17) is 0 Å². The highest BCUT2D eigenvalue weighted by atomic mass is 15.2. The van der Waals surface area contributed by atoms with Crippen LogP contribution < -0.4 is 10.2 Å². The van der Waals surface area contributed by atoms with Gasteiger partial charge in [-0.25, -0.2) is 0 Å². The van der Waals surface area contributed by atoms with E-state index in [1.165, 1.54) is 11.3 Å². The zero-order valence-electron chi connectivity index (χ0n) is 12.1. The van der Waals surface area contributed by atoms with Crippen LogP contribution in [-0.4, -0.2) is 24.7 Å². The molecule has 0 bridgehead atoms. The highest BCUT2D eigenvalue weighted by molar-refractivity contribution is 5.59. The number of hydrogen-bond donors (Lipinski definition) is 1. The SMILES string of the molecule is CC(C)NC(C#N)CCN1c2ccccc2CC1C. The maximum Gasteiger partial charge on any atom is 0.0971 e. The van der Waals surface area contributed by atoms with Gasteiger partial charge in [-0.3, -0.25) is 5.32 Å². The van der Waals surface area contributed by atoms with Crippen LogP contribution >= 0.6 is 0 Å². The Bertz CT molecular complexity index is 461. The molecule has 3 heteroatoms. The van der Waals surface area contributed by atoms with Gasteiger partial charge in [0.15, 0.2) is 0 Å². The Balaban J connectivity index is 1.98. The number of nitrogens with one attached hydrogen (secondary N) is 1. The highest BCUT2D eigenvalue weighted by Crippen LogP contribution is 2.31. The molecule has 0 radical (unpaired) electrons. The monoisotopic (exact) mass is 257 g/mol. The zero-order chi connectivity index (χ0) is 13.8. The largest absolute Gasteiger partial charge is 0.368 e. The first-order valence-corrected chi connectivity index (χ1v) is 7.12. The van der Waals surface area contributed by atoms with Crippen molar-refractivity contribution in [3.63, 3.8) is 0 Å². The minimum atomic E-state index is -0.0556. The molecule has 1 aromatic carbocycles. The van der Waals surface area contributed by atoms with Gasteiger partial charge < -0.3 is 4.90 Å². The molecule has 1 heterocycles. The molecule has 2 atom stereocenters. The van der Waals surface area contributed by atoms with Crippen LogP contribution in [0, 0.1) is 11.3 Å². The number of hydrogen-bond acceptors (Lipinski definition) is 3. The molecule has 102 valence electrons. The summed E-state index contributed by atoms with van der Waals surface area (Å²) in [7, 11) is 0. The summed E-state index contributed by atoms with van der Waals surface area (Å²) >= 11 is 0. The lowest BCUT2D eigenvalue weighted by atomic mass is 10.1. The summed E-state index contributed by atoms with van der Waals surface area (Å²) in [6.45, 7) is 7.36. The van der Waals surface area contributed by atoms with Crippen LogP contribution in [0.3, 0.4) is 0 Å². The molecule has 3 nitrogen and oxygen atoms in total. The molecule has 0 spiro atoms. The van der Waals surface area contributed by atoms with Gasteiger partial charge in [0, 0.05) is 24.3 Å². The molecule has 1 aromatic rings. The van der Waals surface area contributed by atoms with Crippen molar-refractivity contribution in [1.82, 2.24) is 5.32 Å². The quantitative estimate of drug-likeness (QED) is 0.881. The molecular formula is C16H23N3. The van der Waals surface area contributed by atoms with Gasteiger partial charge in [-0.2, -0.15) is 5.26 Å². The number of nitriles is 1. The first-order valence-electron chi connectivity index (χ1n) is 7.12. The second-order valence-electron chi connectivity index (χ2n) is 5.67. The summed E-state index contributed by atoms with van der Waals surface area (Å²) in [5.74, 6) is 0. The van der Waals surface area contributed by atoms with Crippen molar-refractivity contribution in [3.8, 4) is 6.07 Å². The molecular weight excluding hydrogens is 234 g/mol. The van der Waals surface area contributed by atoms with Crippen molar-refractivity contribution < 1.29 is 0 Å². The normalized spacial score (nSPS) is 19.3. The predicted molar refractivity (Wildman–Crippen MR) is 79.2 cm³/mol. The first kappa shape index (κ1) is 13.9. The van der Waals surface area contributed by atoms with Gasteiger partial charge in [-0.15, -0.1) is 0 Å². The van der Waals surface area contributed by atoms with E-state index in [1.54, 1.807) is 0 Å². The third kappa shape index (κ3) is 3.27. The predicted octanol–water partition coefficient (Wildman–Crippen LogP) is 2.72. The van der Waals surface area contributed by atoms with Crippen molar-refractivity contribution in [3.05, 3.63) is 29.8 Å². The number of anilines is 1. The van der Waals surface area contributed by atoms with Crippen LogP contribution in [-0.2, 0) is 6.42 Å². The Labute approximate surface area is 116 Å². The summed E-state index contributed by atoms with van der Waals surface area (Å²) in [6, 6.07) is 11.8. The second kappa shape index (κ2) is 6.08. The molecule has 1 aliphatic rings. The molecule has 0 fully saturated rings. The summed E-state index contributed by atoms with van der Waals surface area (Å²) in [5.41, 5.74) is 2.77. The lowest BCUT2D eigenvalue weighted by molar-refractivity contribution is 0.497. The molecule has 0 saturated heterocycles. The van der Waals surface area contributed by atoms with Crippen LogP contribution in [0.2, 0.25) is 0 Å². The van der Waals surface area contributed by atoms with E-state index in [1.807, 2.05) is 0 Å². The van der Waals surface area contributed by atoms with E-state index in [2.05, 4.69) is 61.3 Å². The molecule has 2 unspecified atom stereocenters. The molecule has 0 amide bonds. The summed E-state index contributed by atoms with van der Waals surface area (Å²) in [5, 5.41) is 12.5. The number of nitrogens with zero attached hydrogens (tertiary/aromatic N) is 2. The fourth-order valence-electron chi connectivity index (χ4n) is 2.83. The number of rotatable bonds is 5.